The summed E-state index contributed by atoms with van der Waals surface area (Å²) >= 11 is 0. The monoisotopic (exact) mass is 361 g/mol. The first-order chi connectivity index (χ1) is 11.9. The van der Waals surface area contributed by atoms with Crippen molar-refractivity contribution in [1.29, 1.82) is 0 Å². The van der Waals surface area contributed by atoms with Crippen LogP contribution in [0.2, 0.25) is 0 Å². The lowest BCUT2D eigenvalue weighted by molar-refractivity contribution is 0.415. The molecule has 1 aromatic heterocycles. The van der Waals surface area contributed by atoms with E-state index in [-0.39, 0.29) is 12.1 Å². The molecule has 1 heterocycles. The van der Waals surface area contributed by atoms with Crippen molar-refractivity contribution in [3.05, 3.63) is 60.0 Å². The first kappa shape index (κ1) is 17.3. The second-order valence-electron chi connectivity index (χ2n) is 5.41. The smallest absolute Gasteiger partial charge is 0.274 e. The molecule has 8 heteroatoms. The maximum Gasteiger partial charge on any atom is 0.274 e. The summed E-state index contributed by atoms with van der Waals surface area (Å²) in [6, 6.07) is 11.9. The average Bonchev–Trinajstić information content (AvgIpc) is 2.58. The van der Waals surface area contributed by atoms with Crippen LogP contribution < -0.4 is 14.6 Å². The number of halogens is 1. The van der Waals surface area contributed by atoms with Gasteiger partial charge in [0.05, 0.1) is 12.6 Å². The molecule has 130 valence electrons. The van der Waals surface area contributed by atoms with Crippen LogP contribution in [0, 0.1) is 5.82 Å². The summed E-state index contributed by atoms with van der Waals surface area (Å²) in [4.78, 5) is 4.31. The maximum absolute atomic E-state index is 14.3. The summed E-state index contributed by atoms with van der Waals surface area (Å²) in [5.74, 6) is 0.167. The van der Waals surface area contributed by atoms with Crippen LogP contribution in [0.1, 0.15) is 5.56 Å². The molecule has 0 amide bonds. The van der Waals surface area contributed by atoms with Crippen molar-refractivity contribution in [2.75, 3.05) is 7.11 Å². The van der Waals surface area contributed by atoms with Gasteiger partial charge < -0.3 is 4.74 Å². The summed E-state index contributed by atoms with van der Waals surface area (Å²) in [5.41, 5.74) is 2.42. The minimum absolute atomic E-state index is 0.206. The predicted molar refractivity (Wildman–Crippen MR) is 93.6 cm³/mol. The number of rotatable bonds is 5. The third kappa shape index (κ3) is 3.93. The number of pyridine rings is 1. The highest BCUT2D eigenvalue weighted by Crippen LogP contribution is 2.30. The number of nitrogens with two attached hydrogens (primary N) is 1. The van der Waals surface area contributed by atoms with E-state index in [2.05, 4.69) is 9.71 Å². The Morgan fingerprint density at radius 2 is 2.00 bits per heavy atom. The van der Waals surface area contributed by atoms with E-state index in [1.54, 1.807) is 31.5 Å². The zero-order chi connectivity index (χ0) is 18.0. The fourth-order valence-electron chi connectivity index (χ4n) is 2.54. The van der Waals surface area contributed by atoms with Gasteiger partial charge in [-0.1, -0.05) is 12.1 Å². The molecule has 0 saturated carbocycles. The van der Waals surface area contributed by atoms with Crippen LogP contribution in [-0.2, 0) is 16.8 Å². The van der Waals surface area contributed by atoms with Gasteiger partial charge in [-0.15, -0.1) is 0 Å². The van der Waals surface area contributed by atoms with Crippen molar-refractivity contribution in [2.45, 2.75) is 6.54 Å². The lowest BCUT2D eigenvalue weighted by Crippen LogP contribution is -2.30. The van der Waals surface area contributed by atoms with Crippen LogP contribution in [-0.4, -0.2) is 20.5 Å². The summed E-state index contributed by atoms with van der Waals surface area (Å²) in [7, 11) is -2.30. The lowest BCUT2D eigenvalue weighted by atomic mass is 10.00. The Kier molecular flexibility index (Phi) is 4.67. The number of hydrogen-bond donors (Lipinski definition) is 2. The van der Waals surface area contributed by atoms with Gasteiger partial charge >= 0.3 is 0 Å². The lowest BCUT2D eigenvalue weighted by Gasteiger charge is -2.10. The van der Waals surface area contributed by atoms with E-state index in [1.165, 1.54) is 12.1 Å². The van der Waals surface area contributed by atoms with E-state index in [4.69, 9.17) is 9.88 Å². The molecule has 0 aliphatic rings. The number of aromatic nitrogens is 1. The quantitative estimate of drug-likeness (QED) is 0.729. The molecule has 3 N–H and O–H groups in total. The molecule has 0 saturated heterocycles. The average molecular weight is 361 g/mol. The number of nitrogens with zero attached hydrogens (tertiary/aromatic N) is 1. The Balaban J connectivity index is 2.00. The van der Waals surface area contributed by atoms with E-state index < -0.39 is 16.0 Å². The van der Waals surface area contributed by atoms with Crippen molar-refractivity contribution in [3.8, 4) is 16.9 Å². The van der Waals surface area contributed by atoms with Crippen LogP contribution in [0.4, 0.5) is 4.39 Å². The first-order valence-electron chi connectivity index (χ1n) is 7.36. The van der Waals surface area contributed by atoms with Gasteiger partial charge in [-0.05, 0) is 35.4 Å². The molecule has 6 nitrogen and oxygen atoms in total. The number of ether oxygens (including phenoxy) is 1. The molecule has 2 aromatic carbocycles. The van der Waals surface area contributed by atoms with Gasteiger partial charge in [0.2, 0.25) is 0 Å². The standard InChI is InChI=1S/C17H16FN3O3S/c1-24-13-4-5-15-14(6-7-20-17(15)9-13)11-2-3-12(16(18)8-11)10-21-25(19,22)23/h2-9,21H,10H2,1H3,(H2,19,22,23). The Morgan fingerprint density at radius 1 is 1.20 bits per heavy atom. The molecular formula is C17H16FN3O3S. The zero-order valence-electron chi connectivity index (χ0n) is 13.4. The summed E-state index contributed by atoms with van der Waals surface area (Å²) in [5, 5.41) is 5.72. The van der Waals surface area contributed by atoms with Crippen LogP contribution in [0.3, 0.4) is 0 Å². The largest absolute Gasteiger partial charge is 0.497 e. The summed E-state index contributed by atoms with van der Waals surface area (Å²) in [6.07, 6.45) is 1.64. The topological polar surface area (TPSA) is 94.3 Å². The number of methoxy groups -OCH3 is 1. The van der Waals surface area contributed by atoms with Gasteiger partial charge in [0.15, 0.2) is 0 Å². The normalized spacial score (nSPS) is 11.6. The summed E-state index contributed by atoms with van der Waals surface area (Å²) < 4.78 is 43.4. The Bertz CT molecular complexity index is 1040. The third-order valence-electron chi connectivity index (χ3n) is 3.78. The van der Waals surface area contributed by atoms with Gasteiger partial charge in [0.25, 0.3) is 10.2 Å². The van der Waals surface area contributed by atoms with Crippen LogP contribution >= 0.6 is 0 Å². The minimum Gasteiger partial charge on any atom is -0.497 e. The second-order valence-corrected chi connectivity index (χ2v) is 6.79. The number of fused-ring (bicyclic) bond motifs is 1. The molecule has 0 atom stereocenters. The van der Waals surface area contributed by atoms with Crippen molar-refractivity contribution >= 4 is 21.1 Å². The summed E-state index contributed by atoms with van der Waals surface area (Å²) in [6.45, 7) is -0.209. The minimum atomic E-state index is -3.87. The van der Waals surface area contributed by atoms with Crippen LogP contribution in [0.25, 0.3) is 22.0 Å². The molecule has 0 unspecified atom stereocenters. The van der Waals surface area contributed by atoms with E-state index in [9.17, 15) is 12.8 Å². The molecule has 0 fully saturated rings. The number of nitrogens with one attached hydrogen (secondary N) is 1. The van der Waals surface area contributed by atoms with Crippen molar-refractivity contribution in [1.82, 2.24) is 9.71 Å². The Morgan fingerprint density at radius 3 is 2.68 bits per heavy atom. The third-order valence-corrected chi connectivity index (χ3v) is 4.32. The van der Waals surface area contributed by atoms with Gasteiger partial charge in [-0.3, -0.25) is 4.98 Å². The van der Waals surface area contributed by atoms with Gasteiger partial charge in [0, 0.05) is 29.8 Å². The highest BCUT2D eigenvalue weighted by molar-refractivity contribution is 7.87. The van der Waals surface area contributed by atoms with Crippen molar-refractivity contribution in [3.63, 3.8) is 0 Å². The van der Waals surface area contributed by atoms with E-state index in [1.807, 2.05) is 12.1 Å². The molecule has 0 spiro atoms. The fraction of sp³-hybridized carbons (Fsp3) is 0.118. The molecule has 0 aliphatic heterocycles. The van der Waals surface area contributed by atoms with E-state index in [0.29, 0.717) is 11.3 Å². The molecule has 0 aliphatic carbocycles. The predicted octanol–water partition coefficient (Wildman–Crippen LogP) is 2.34. The number of hydrogen-bond acceptors (Lipinski definition) is 4. The maximum atomic E-state index is 14.3. The highest BCUT2D eigenvalue weighted by Gasteiger charge is 2.10. The first-order valence-corrected chi connectivity index (χ1v) is 8.91. The van der Waals surface area contributed by atoms with Gasteiger partial charge in [-0.25, -0.2) is 9.53 Å². The second kappa shape index (κ2) is 6.75. The van der Waals surface area contributed by atoms with Crippen LogP contribution in [0.15, 0.2) is 48.7 Å². The SMILES string of the molecule is COc1ccc2c(-c3ccc(CNS(N)(=O)=O)c(F)c3)ccnc2c1. The van der Waals surface area contributed by atoms with E-state index in [0.717, 1.165) is 16.5 Å². The zero-order valence-corrected chi connectivity index (χ0v) is 14.2. The van der Waals surface area contributed by atoms with Crippen LogP contribution in [0.5, 0.6) is 5.75 Å². The van der Waals surface area contributed by atoms with Crippen molar-refractivity contribution < 1.29 is 17.5 Å². The fourth-order valence-corrected chi connectivity index (χ4v) is 2.90. The van der Waals surface area contributed by atoms with Crippen molar-refractivity contribution in [2.24, 2.45) is 5.14 Å². The molecule has 0 bridgehead atoms. The molecular weight excluding hydrogens is 345 g/mol. The van der Waals surface area contributed by atoms with E-state index >= 15 is 0 Å². The highest BCUT2D eigenvalue weighted by atomic mass is 32.2. The molecule has 25 heavy (non-hydrogen) atoms. The van der Waals surface area contributed by atoms with Gasteiger partial charge in [0.1, 0.15) is 11.6 Å². The van der Waals surface area contributed by atoms with Gasteiger partial charge in [-0.2, -0.15) is 13.1 Å². The molecule has 0 radical (unpaired) electrons. The number of benzene rings is 2. The Hall–Kier alpha value is -2.55. The Labute approximate surface area is 144 Å². The molecule has 3 rings (SSSR count). The molecule has 3 aromatic rings.